The molecule has 3 N–H and O–H groups in total. The number of nitrogens with zero attached hydrogens (tertiary/aromatic N) is 1. The number of carboxylic acids is 1. The number of benzene rings is 1. The molecule has 1 aromatic rings. The zero-order valence-electron chi connectivity index (χ0n) is 10.2. The Kier molecular flexibility index (Phi) is 3.10. The molecule has 0 bridgehead atoms. The fraction of sp³-hybridized carbons (Fsp3) is 0.308. The van der Waals surface area contributed by atoms with Crippen LogP contribution < -0.4 is 10.9 Å². The molecule has 100 valence electrons. The van der Waals surface area contributed by atoms with E-state index in [1.807, 2.05) is 30.3 Å². The van der Waals surface area contributed by atoms with Crippen LogP contribution in [0.3, 0.4) is 0 Å². The van der Waals surface area contributed by atoms with Crippen LogP contribution in [0.5, 0.6) is 0 Å². The molecule has 1 aromatic carbocycles. The van der Waals surface area contributed by atoms with Crippen LogP contribution >= 0.6 is 0 Å². The zero-order chi connectivity index (χ0) is 13.2. The molecule has 0 aromatic heterocycles. The number of aliphatic carboxylic acids is 1. The first-order valence-electron chi connectivity index (χ1n) is 6.15. The lowest BCUT2D eigenvalue weighted by Gasteiger charge is -2.46. The quantitative estimate of drug-likeness (QED) is 0.731. The van der Waals surface area contributed by atoms with Crippen LogP contribution in [-0.2, 0) is 16.1 Å². The first-order valence-corrected chi connectivity index (χ1v) is 6.15. The van der Waals surface area contributed by atoms with E-state index < -0.39 is 11.9 Å². The molecule has 2 aliphatic rings. The molecule has 0 saturated carbocycles. The summed E-state index contributed by atoms with van der Waals surface area (Å²) in [4.78, 5) is 16.2. The van der Waals surface area contributed by atoms with Crippen LogP contribution in [0.15, 0.2) is 42.8 Å². The van der Waals surface area contributed by atoms with Crippen molar-refractivity contribution in [1.29, 1.82) is 0 Å². The Labute approximate surface area is 110 Å². The van der Waals surface area contributed by atoms with Gasteiger partial charge in [-0.1, -0.05) is 35.9 Å². The highest BCUT2D eigenvalue weighted by molar-refractivity contribution is 5.73. The third kappa shape index (κ3) is 2.27. The lowest BCUT2D eigenvalue weighted by atomic mass is 9.83. The van der Waals surface area contributed by atoms with E-state index in [-0.39, 0.29) is 12.2 Å². The van der Waals surface area contributed by atoms with E-state index in [0.29, 0.717) is 6.42 Å². The molecule has 0 spiro atoms. The van der Waals surface area contributed by atoms with Gasteiger partial charge in [0.25, 0.3) is 0 Å². The number of hydrogen-bond donors (Lipinski definition) is 3. The van der Waals surface area contributed by atoms with Gasteiger partial charge in [0.05, 0.1) is 6.20 Å². The van der Waals surface area contributed by atoms with Crippen molar-refractivity contribution in [1.82, 2.24) is 15.9 Å². The standard InChI is InChI=1S/C13H15N3O3/c17-13(18)11-10(8-9-4-2-1-3-5-9)14-12(11)16-6-7-19-15-16/h1-7,10-12,14-15H,8H2,(H,17,18). The summed E-state index contributed by atoms with van der Waals surface area (Å²) >= 11 is 0. The van der Waals surface area contributed by atoms with Crippen molar-refractivity contribution in [2.75, 3.05) is 0 Å². The number of nitrogens with one attached hydrogen (secondary N) is 2. The van der Waals surface area contributed by atoms with Gasteiger partial charge in [-0.25, -0.2) is 0 Å². The summed E-state index contributed by atoms with van der Waals surface area (Å²) < 4.78 is 0. The van der Waals surface area contributed by atoms with Crippen molar-refractivity contribution in [3.63, 3.8) is 0 Å². The van der Waals surface area contributed by atoms with Crippen molar-refractivity contribution in [3.8, 4) is 0 Å². The van der Waals surface area contributed by atoms with E-state index in [1.54, 1.807) is 11.2 Å². The third-order valence-electron chi connectivity index (χ3n) is 3.49. The molecule has 2 aliphatic heterocycles. The Morgan fingerprint density at radius 3 is 2.79 bits per heavy atom. The second-order valence-corrected chi connectivity index (χ2v) is 4.67. The Balaban J connectivity index is 1.67. The van der Waals surface area contributed by atoms with Crippen molar-refractivity contribution in [3.05, 3.63) is 48.4 Å². The molecular weight excluding hydrogens is 246 g/mol. The maximum absolute atomic E-state index is 11.4. The van der Waals surface area contributed by atoms with Gasteiger partial charge in [0.15, 0.2) is 0 Å². The molecule has 6 heteroatoms. The minimum atomic E-state index is -0.799. The Hall–Kier alpha value is -2.05. The summed E-state index contributed by atoms with van der Waals surface area (Å²) in [6.45, 7) is 0. The maximum atomic E-state index is 11.4. The summed E-state index contributed by atoms with van der Waals surface area (Å²) in [6, 6.07) is 9.81. The topological polar surface area (TPSA) is 73.8 Å². The van der Waals surface area contributed by atoms with Crippen LogP contribution in [-0.4, -0.2) is 28.3 Å². The van der Waals surface area contributed by atoms with Crippen LogP contribution in [0.2, 0.25) is 0 Å². The van der Waals surface area contributed by atoms with Gasteiger partial charge in [0, 0.05) is 6.04 Å². The number of carbonyl (C=O) groups is 1. The van der Waals surface area contributed by atoms with E-state index in [1.165, 1.54) is 6.26 Å². The monoisotopic (exact) mass is 261 g/mol. The van der Waals surface area contributed by atoms with E-state index >= 15 is 0 Å². The molecule has 2 heterocycles. The summed E-state index contributed by atoms with van der Waals surface area (Å²) in [6.07, 6.45) is 3.56. The molecule has 3 rings (SSSR count). The van der Waals surface area contributed by atoms with E-state index in [9.17, 15) is 9.90 Å². The summed E-state index contributed by atoms with van der Waals surface area (Å²) in [5.74, 6) is -1.27. The number of rotatable bonds is 4. The van der Waals surface area contributed by atoms with E-state index in [2.05, 4.69) is 10.9 Å². The molecule has 3 unspecified atom stereocenters. The van der Waals surface area contributed by atoms with Crippen LogP contribution in [0, 0.1) is 5.92 Å². The molecule has 1 fully saturated rings. The van der Waals surface area contributed by atoms with Gasteiger partial charge >= 0.3 is 5.97 Å². The van der Waals surface area contributed by atoms with Gasteiger partial charge in [-0.15, -0.1) is 0 Å². The van der Waals surface area contributed by atoms with Gasteiger partial charge in [-0.2, -0.15) is 0 Å². The molecule has 1 saturated heterocycles. The first-order chi connectivity index (χ1) is 9.25. The van der Waals surface area contributed by atoms with Gasteiger partial charge in [0.2, 0.25) is 0 Å². The Morgan fingerprint density at radius 2 is 2.16 bits per heavy atom. The van der Waals surface area contributed by atoms with Crippen LogP contribution in [0.25, 0.3) is 0 Å². The zero-order valence-corrected chi connectivity index (χ0v) is 10.2. The van der Waals surface area contributed by atoms with Crippen molar-refractivity contribution < 1.29 is 14.7 Å². The predicted octanol–water partition coefficient (Wildman–Crippen LogP) is 0.451. The largest absolute Gasteiger partial charge is 0.481 e. The third-order valence-corrected chi connectivity index (χ3v) is 3.49. The fourth-order valence-electron chi connectivity index (χ4n) is 2.51. The Bertz CT molecular complexity index is 491. The minimum Gasteiger partial charge on any atom is -0.481 e. The summed E-state index contributed by atoms with van der Waals surface area (Å²) in [7, 11) is 0. The van der Waals surface area contributed by atoms with Gasteiger partial charge in [0.1, 0.15) is 18.3 Å². The molecule has 0 amide bonds. The normalized spacial score (nSPS) is 28.8. The molecule has 0 radical (unpaired) electrons. The molecule has 19 heavy (non-hydrogen) atoms. The molecule has 3 atom stereocenters. The van der Waals surface area contributed by atoms with E-state index in [4.69, 9.17) is 4.84 Å². The van der Waals surface area contributed by atoms with Gasteiger partial charge in [-0.3, -0.25) is 15.1 Å². The second-order valence-electron chi connectivity index (χ2n) is 4.67. The van der Waals surface area contributed by atoms with E-state index in [0.717, 1.165) is 5.56 Å². The van der Waals surface area contributed by atoms with Crippen molar-refractivity contribution >= 4 is 5.97 Å². The molecular formula is C13H15N3O3. The molecule has 0 aliphatic carbocycles. The lowest BCUT2D eigenvalue weighted by molar-refractivity contribution is -0.156. The maximum Gasteiger partial charge on any atom is 0.311 e. The van der Waals surface area contributed by atoms with Crippen LogP contribution in [0.4, 0.5) is 0 Å². The van der Waals surface area contributed by atoms with Crippen LogP contribution in [0.1, 0.15) is 5.56 Å². The minimum absolute atomic E-state index is 0.0688. The fourth-order valence-corrected chi connectivity index (χ4v) is 2.51. The molecule has 6 nitrogen and oxygen atoms in total. The highest BCUT2D eigenvalue weighted by atomic mass is 16.7. The first kappa shape index (κ1) is 12.0. The average Bonchev–Trinajstić information content (AvgIpc) is 2.87. The van der Waals surface area contributed by atoms with Crippen molar-refractivity contribution in [2.24, 2.45) is 5.92 Å². The highest BCUT2D eigenvalue weighted by Gasteiger charge is 2.48. The summed E-state index contributed by atoms with van der Waals surface area (Å²) in [5.41, 5.74) is 3.75. The number of hydrazine groups is 1. The lowest BCUT2D eigenvalue weighted by Crippen LogP contribution is -2.71. The smallest absolute Gasteiger partial charge is 0.311 e. The average molecular weight is 261 g/mol. The van der Waals surface area contributed by atoms with Gasteiger partial charge in [-0.05, 0) is 12.0 Å². The Morgan fingerprint density at radius 1 is 1.37 bits per heavy atom. The number of carboxylic acid groups (broad SMARTS) is 1. The second kappa shape index (κ2) is 4.91. The predicted molar refractivity (Wildman–Crippen MR) is 67.2 cm³/mol. The summed E-state index contributed by atoms with van der Waals surface area (Å²) in [5, 5.41) is 14.2. The van der Waals surface area contributed by atoms with Gasteiger partial charge < -0.3 is 9.94 Å². The SMILES string of the molecule is O=C(O)C1C(Cc2ccccc2)NC1N1C=CON1. The highest BCUT2D eigenvalue weighted by Crippen LogP contribution is 2.27. The van der Waals surface area contributed by atoms with Crippen molar-refractivity contribution in [2.45, 2.75) is 18.6 Å². The number of hydrogen-bond acceptors (Lipinski definition) is 5.